The highest BCUT2D eigenvalue weighted by Crippen LogP contribution is 2.13. The highest BCUT2D eigenvalue weighted by molar-refractivity contribution is 5.75. The Balaban J connectivity index is 1.33. The number of pyridine rings is 1. The number of nitrogens with one attached hydrogen (secondary N) is 1. The smallest absolute Gasteiger partial charge is 0.220 e. The second-order valence-corrected chi connectivity index (χ2v) is 6.10. The Morgan fingerprint density at radius 2 is 2.12 bits per heavy atom. The Labute approximate surface area is 147 Å². The van der Waals surface area contributed by atoms with Crippen LogP contribution < -0.4 is 10.1 Å². The number of fused-ring (bicyclic) bond motifs is 1. The fraction of sp³-hybridized carbons (Fsp3) is 0.300. The molecule has 3 rings (SSSR count). The monoisotopic (exact) mass is 337 g/mol. The van der Waals surface area contributed by atoms with Crippen LogP contribution in [0.4, 0.5) is 0 Å². The fourth-order valence-electron chi connectivity index (χ4n) is 2.63. The number of nitrogens with zero attached hydrogens (tertiary/aromatic N) is 2. The minimum atomic E-state index is 0.0487. The van der Waals surface area contributed by atoms with Crippen molar-refractivity contribution in [3.8, 4) is 5.75 Å². The molecule has 0 fully saturated rings. The summed E-state index contributed by atoms with van der Waals surface area (Å²) in [5.41, 5.74) is 2.94. The molecule has 0 saturated heterocycles. The number of hydrogen-bond acceptors (Lipinski definition) is 3. The molecule has 0 bridgehead atoms. The average Bonchev–Trinajstić information content (AvgIpc) is 3.03. The van der Waals surface area contributed by atoms with Crippen LogP contribution in [0.2, 0.25) is 0 Å². The molecule has 2 aromatic heterocycles. The number of aromatic nitrogens is 2. The zero-order chi connectivity index (χ0) is 17.5. The van der Waals surface area contributed by atoms with E-state index in [-0.39, 0.29) is 5.91 Å². The third-order valence-corrected chi connectivity index (χ3v) is 3.94. The number of rotatable bonds is 8. The molecular weight excluding hydrogens is 314 g/mol. The molecule has 3 aromatic rings. The molecule has 0 saturated carbocycles. The molecule has 0 unspecified atom stereocenters. The number of unbranched alkanes of at least 4 members (excludes halogenated alkanes) is 1. The van der Waals surface area contributed by atoms with Gasteiger partial charge in [-0.15, -0.1) is 0 Å². The lowest BCUT2D eigenvalue weighted by atomic mass is 10.2. The maximum absolute atomic E-state index is 11.9. The van der Waals surface area contributed by atoms with Crippen molar-refractivity contribution in [2.45, 2.75) is 32.7 Å². The first-order chi connectivity index (χ1) is 12.2. The third kappa shape index (κ3) is 5.08. The van der Waals surface area contributed by atoms with Gasteiger partial charge in [-0.3, -0.25) is 4.79 Å². The molecule has 0 spiro atoms. The summed E-state index contributed by atoms with van der Waals surface area (Å²) in [5, 5.41) is 2.92. The van der Waals surface area contributed by atoms with Gasteiger partial charge < -0.3 is 14.5 Å². The molecule has 2 heterocycles. The number of imidazole rings is 1. The van der Waals surface area contributed by atoms with Crippen molar-refractivity contribution in [2.24, 2.45) is 0 Å². The van der Waals surface area contributed by atoms with E-state index < -0.39 is 0 Å². The molecule has 25 heavy (non-hydrogen) atoms. The van der Waals surface area contributed by atoms with Crippen LogP contribution in [-0.4, -0.2) is 21.9 Å². The van der Waals surface area contributed by atoms with E-state index in [1.54, 1.807) is 0 Å². The summed E-state index contributed by atoms with van der Waals surface area (Å²) in [6.45, 7) is 3.13. The molecule has 0 radical (unpaired) electrons. The van der Waals surface area contributed by atoms with E-state index in [9.17, 15) is 4.79 Å². The van der Waals surface area contributed by atoms with Gasteiger partial charge in [0.1, 0.15) is 11.4 Å². The summed E-state index contributed by atoms with van der Waals surface area (Å²) in [6, 6.07) is 13.8. The zero-order valence-electron chi connectivity index (χ0n) is 14.4. The van der Waals surface area contributed by atoms with Crippen LogP contribution >= 0.6 is 0 Å². The van der Waals surface area contributed by atoms with Crippen molar-refractivity contribution >= 4 is 11.6 Å². The van der Waals surface area contributed by atoms with E-state index >= 15 is 0 Å². The summed E-state index contributed by atoms with van der Waals surface area (Å²) >= 11 is 0. The van der Waals surface area contributed by atoms with Crippen molar-refractivity contribution < 1.29 is 9.53 Å². The molecule has 5 nitrogen and oxygen atoms in total. The molecule has 0 aliphatic carbocycles. The Kier molecular flexibility index (Phi) is 5.67. The van der Waals surface area contributed by atoms with Gasteiger partial charge in [0.2, 0.25) is 5.91 Å². The second kappa shape index (κ2) is 8.33. The van der Waals surface area contributed by atoms with Crippen molar-refractivity contribution in [1.82, 2.24) is 14.7 Å². The fourth-order valence-corrected chi connectivity index (χ4v) is 2.63. The van der Waals surface area contributed by atoms with Gasteiger partial charge >= 0.3 is 0 Å². The van der Waals surface area contributed by atoms with Gasteiger partial charge in [0.05, 0.1) is 18.8 Å². The van der Waals surface area contributed by atoms with Crippen LogP contribution in [0.25, 0.3) is 5.65 Å². The van der Waals surface area contributed by atoms with Crippen LogP contribution in [0.3, 0.4) is 0 Å². The maximum Gasteiger partial charge on any atom is 0.220 e. The van der Waals surface area contributed by atoms with Crippen LogP contribution in [0, 0.1) is 6.92 Å². The van der Waals surface area contributed by atoms with E-state index in [0.29, 0.717) is 19.6 Å². The summed E-state index contributed by atoms with van der Waals surface area (Å²) in [4.78, 5) is 16.4. The number of carbonyl (C=O) groups excluding carboxylic acids is 1. The van der Waals surface area contributed by atoms with Gasteiger partial charge in [0, 0.05) is 18.8 Å². The molecule has 1 aromatic carbocycles. The minimum absolute atomic E-state index is 0.0487. The van der Waals surface area contributed by atoms with E-state index in [0.717, 1.165) is 29.9 Å². The van der Waals surface area contributed by atoms with Crippen LogP contribution in [0.1, 0.15) is 30.5 Å². The van der Waals surface area contributed by atoms with Gasteiger partial charge in [0.15, 0.2) is 0 Å². The first-order valence-electron chi connectivity index (χ1n) is 8.59. The molecule has 1 amide bonds. The number of carbonyl (C=O) groups is 1. The largest absolute Gasteiger partial charge is 0.494 e. The van der Waals surface area contributed by atoms with E-state index in [2.05, 4.69) is 10.3 Å². The number of aryl methyl sites for hydroxylation is 1. The summed E-state index contributed by atoms with van der Waals surface area (Å²) in [5.74, 6) is 0.934. The van der Waals surface area contributed by atoms with Crippen LogP contribution in [-0.2, 0) is 11.3 Å². The Morgan fingerprint density at radius 3 is 2.96 bits per heavy atom. The lowest BCUT2D eigenvalue weighted by Gasteiger charge is -2.07. The molecular formula is C20H23N3O2. The lowest BCUT2D eigenvalue weighted by molar-refractivity contribution is -0.121. The summed E-state index contributed by atoms with van der Waals surface area (Å²) in [6.07, 6.45) is 6.05. The molecule has 1 N–H and O–H groups in total. The highest BCUT2D eigenvalue weighted by atomic mass is 16.5. The molecule has 0 atom stereocenters. The van der Waals surface area contributed by atoms with E-state index in [1.165, 1.54) is 5.56 Å². The van der Waals surface area contributed by atoms with Crippen molar-refractivity contribution in [3.05, 3.63) is 66.1 Å². The van der Waals surface area contributed by atoms with E-state index in [1.807, 2.05) is 66.2 Å². The molecule has 130 valence electrons. The van der Waals surface area contributed by atoms with Gasteiger partial charge in [-0.25, -0.2) is 4.98 Å². The predicted molar refractivity (Wildman–Crippen MR) is 97.6 cm³/mol. The first kappa shape index (κ1) is 17.0. The number of benzene rings is 1. The first-order valence-corrected chi connectivity index (χ1v) is 8.59. The third-order valence-electron chi connectivity index (χ3n) is 3.94. The van der Waals surface area contributed by atoms with Gasteiger partial charge in [-0.2, -0.15) is 0 Å². The van der Waals surface area contributed by atoms with Crippen LogP contribution in [0.5, 0.6) is 5.75 Å². The topological polar surface area (TPSA) is 55.6 Å². The zero-order valence-corrected chi connectivity index (χ0v) is 14.4. The Morgan fingerprint density at radius 1 is 1.20 bits per heavy atom. The SMILES string of the molecule is Cc1cccc(OCCCCC(=O)NCc2cn3ccccc3n2)c1. The summed E-state index contributed by atoms with van der Waals surface area (Å²) < 4.78 is 7.64. The highest BCUT2D eigenvalue weighted by Gasteiger charge is 2.04. The minimum Gasteiger partial charge on any atom is -0.494 e. The van der Waals surface area contributed by atoms with Gasteiger partial charge in [-0.05, 0) is 49.6 Å². The van der Waals surface area contributed by atoms with Crippen molar-refractivity contribution in [2.75, 3.05) is 6.61 Å². The predicted octanol–water partition coefficient (Wildman–Crippen LogP) is 3.51. The second-order valence-electron chi connectivity index (χ2n) is 6.10. The molecule has 5 heteroatoms. The van der Waals surface area contributed by atoms with Crippen molar-refractivity contribution in [3.63, 3.8) is 0 Å². The lowest BCUT2D eigenvalue weighted by Crippen LogP contribution is -2.22. The summed E-state index contributed by atoms with van der Waals surface area (Å²) in [7, 11) is 0. The van der Waals surface area contributed by atoms with Gasteiger partial charge in [0.25, 0.3) is 0 Å². The normalized spacial score (nSPS) is 10.8. The van der Waals surface area contributed by atoms with Crippen molar-refractivity contribution in [1.29, 1.82) is 0 Å². The van der Waals surface area contributed by atoms with E-state index in [4.69, 9.17) is 4.74 Å². The molecule has 0 aliphatic rings. The quantitative estimate of drug-likeness (QED) is 0.640. The van der Waals surface area contributed by atoms with Crippen LogP contribution in [0.15, 0.2) is 54.9 Å². The standard InChI is InChI=1S/C20H23N3O2/c1-16-7-6-8-18(13-16)25-12-5-3-10-20(24)21-14-17-15-23-11-4-2-9-19(23)22-17/h2,4,6-9,11,13,15H,3,5,10,12,14H2,1H3,(H,21,24). The number of hydrogen-bond donors (Lipinski definition) is 1. The Hall–Kier alpha value is -2.82. The number of ether oxygens (including phenoxy) is 1. The van der Waals surface area contributed by atoms with Gasteiger partial charge in [-0.1, -0.05) is 18.2 Å². The Bertz CT molecular complexity index is 809. The average molecular weight is 337 g/mol. The number of amides is 1. The molecule has 0 aliphatic heterocycles. The maximum atomic E-state index is 11.9.